The number of rotatable bonds is 3. The maximum Gasteiger partial charge on any atom is 0.245 e. The minimum Gasteiger partial charge on any atom is -0.339 e. The lowest BCUT2D eigenvalue weighted by Crippen LogP contribution is -2.26. The minimum atomic E-state index is -0.0430. The highest BCUT2D eigenvalue weighted by Crippen LogP contribution is 2.35. The van der Waals surface area contributed by atoms with Crippen LogP contribution in [0.15, 0.2) is 55.8 Å². The third kappa shape index (κ3) is 3.15. The van der Waals surface area contributed by atoms with Crippen LogP contribution >= 0.6 is 0 Å². The van der Waals surface area contributed by atoms with Crippen molar-refractivity contribution in [1.82, 2.24) is 19.9 Å². The van der Waals surface area contributed by atoms with Gasteiger partial charge in [0.05, 0.1) is 11.1 Å². The van der Waals surface area contributed by atoms with Crippen LogP contribution in [-0.4, -0.2) is 38.8 Å². The average Bonchev–Trinajstić information content (AvgIpc) is 3.22. The predicted molar refractivity (Wildman–Crippen MR) is 102 cm³/mol. The number of carbonyl (C=O) groups excluding carboxylic acids is 1. The maximum absolute atomic E-state index is 12.0. The number of fused-ring (bicyclic) bond motifs is 1. The Balaban J connectivity index is 1.81. The van der Waals surface area contributed by atoms with Gasteiger partial charge in [-0.1, -0.05) is 6.58 Å². The van der Waals surface area contributed by atoms with E-state index in [0.717, 1.165) is 34.0 Å². The quantitative estimate of drug-likeness (QED) is 0.674. The number of nitriles is 1. The van der Waals surface area contributed by atoms with E-state index < -0.39 is 0 Å². The number of hydrogen-bond donors (Lipinski definition) is 0. The third-order valence-corrected chi connectivity index (χ3v) is 4.95. The largest absolute Gasteiger partial charge is 0.339 e. The molecule has 1 saturated heterocycles. The zero-order valence-electron chi connectivity index (χ0n) is 14.7. The van der Waals surface area contributed by atoms with Gasteiger partial charge >= 0.3 is 0 Å². The highest BCUT2D eigenvalue weighted by Gasteiger charge is 2.28. The van der Waals surface area contributed by atoms with E-state index in [1.165, 1.54) is 6.08 Å². The molecule has 3 aromatic rings. The Morgan fingerprint density at radius 3 is 2.93 bits per heavy atom. The summed E-state index contributed by atoms with van der Waals surface area (Å²) in [6, 6.07) is 8.06. The van der Waals surface area contributed by atoms with Gasteiger partial charge in [0.1, 0.15) is 12.4 Å². The van der Waals surface area contributed by atoms with Gasteiger partial charge in [0.25, 0.3) is 0 Å². The smallest absolute Gasteiger partial charge is 0.245 e. The van der Waals surface area contributed by atoms with Gasteiger partial charge in [-0.05, 0) is 41.8 Å². The summed E-state index contributed by atoms with van der Waals surface area (Å²) in [4.78, 5) is 26.6. The lowest BCUT2D eigenvalue weighted by Gasteiger charge is -2.17. The first-order valence-electron chi connectivity index (χ1n) is 8.70. The first-order valence-corrected chi connectivity index (χ1v) is 8.70. The highest BCUT2D eigenvalue weighted by molar-refractivity contribution is 5.89. The van der Waals surface area contributed by atoms with E-state index in [1.807, 2.05) is 17.0 Å². The molecule has 27 heavy (non-hydrogen) atoms. The number of amides is 1. The molecule has 1 fully saturated rings. The van der Waals surface area contributed by atoms with Crippen molar-refractivity contribution in [3.63, 3.8) is 0 Å². The van der Waals surface area contributed by atoms with Gasteiger partial charge < -0.3 is 4.90 Å². The normalized spacial score (nSPS) is 16.3. The van der Waals surface area contributed by atoms with Crippen LogP contribution in [0.3, 0.4) is 0 Å². The molecule has 0 bridgehead atoms. The van der Waals surface area contributed by atoms with Crippen LogP contribution in [0.1, 0.15) is 23.5 Å². The Bertz CT molecular complexity index is 1090. The zero-order chi connectivity index (χ0) is 18.8. The molecule has 0 saturated carbocycles. The predicted octanol–water partition coefficient (Wildman–Crippen LogP) is 3.07. The molecule has 0 radical (unpaired) electrons. The fourth-order valence-corrected chi connectivity index (χ4v) is 3.61. The van der Waals surface area contributed by atoms with Crippen molar-refractivity contribution in [1.29, 1.82) is 5.26 Å². The molecule has 1 amide bonds. The van der Waals surface area contributed by atoms with Gasteiger partial charge in [-0.25, -0.2) is 9.97 Å². The Labute approximate surface area is 156 Å². The number of pyridine rings is 1. The molecule has 4 rings (SSSR count). The van der Waals surface area contributed by atoms with Crippen molar-refractivity contribution in [2.75, 3.05) is 13.1 Å². The van der Waals surface area contributed by atoms with Crippen LogP contribution < -0.4 is 0 Å². The van der Waals surface area contributed by atoms with Crippen molar-refractivity contribution >= 4 is 16.8 Å². The van der Waals surface area contributed by atoms with Gasteiger partial charge in [-0.15, -0.1) is 0 Å². The Hall–Kier alpha value is -3.59. The molecule has 1 atom stereocenters. The topological polar surface area (TPSA) is 82.8 Å². The summed E-state index contributed by atoms with van der Waals surface area (Å²) in [5, 5.41) is 10.1. The molecule has 2 aromatic heterocycles. The number of nitrogens with zero attached hydrogens (tertiary/aromatic N) is 5. The van der Waals surface area contributed by atoms with E-state index in [2.05, 4.69) is 33.7 Å². The monoisotopic (exact) mass is 355 g/mol. The van der Waals surface area contributed by atoms with Crippen molar-refractivity contribution < 1.29 is 4.79 Å². The van der Waals surface area contributed by atoms with Crippen molar-refractivity contribution in [3.05, 3.63) is 66.9 Å². The van der Waals surface area contributed by atoms with Gasteiger partial charge in [-0.2, -0.15) is 5.26 Å². The average molecular weight is 355 g/mol. The Kier molecular flexibility index (Phi) is 4.35. The van der Waals surface area contributed by atoms with Gasteiger partial charge in [0.15, 0.2) is 0 Å². The summed E-state index contributed by atoms with van der Waals surface area (Å²) in [5.41, 5.74) is 4.34. The second kappa shape index (κ2) is 6.96. The molecule has 1 aliphatic rings. The first kappa shape index (κ1) is 16.9. The highest BCUT2D eigenvalue weighted by atomic mass is 16.2. The SMILES string of the molecule is C=CC(=O)N1CCC(c2cc(-c3cncc(C#N)c3)cc3cncnc23)C1. The van der Waals surface area contributed by atoms with E-state index in [-0.39, 0.29) is 11.8 Å². The summed E-state index contributed by atoms with van der Waals surface area (Å²) < 4.78 is 0. The van der Waals surface area contributed by atoms with Crippen LogP contribution in [0.2, 0.25) is 0 Å². The number of carbonyl (C=O) groups is 1. The summed E-state index contributed by atoms with van der Waals surface area (Å²) in [6.45, 7) is 4.93. The van der Waals surface area contributed by atoms with E-state index in [9.17, 15) is 4.79 Å². The van der Waals surface area contributed by atoms with Crippen LogP contribution in [0.25, 0.3) is 22.0 Å². The Morgan fingerprint density at radius 1 is 1.22 bits per heavy atom. The first-order chi connectivity index (χ1) is 13.2. The van der Waals surface area contributed by atoms with Crippen LogP contribution in [0.5, 0.6) is 0 Å². The van der Waals surface area contributed by atoms with E-state index in [0.29, 0.717) is 18.7 Å². The number of hydrogen-bond acceptors (Lipinski definition) is 5. The summed E-state index contributed by atoms with van der Waals surface area (Å²) in [7, 11) is 0. The minimum absolute atomic E-state index is 0.0430. The molecule has 6 heteroatoms. The fraction of sp³-hybridized carbons (Fsp3) is 0.190. The van der Waals surface area contributed by atoms with Crippen molar-refractivity contribution in [3.8, 4) is 17.2 Å². The van der Waals surface area contributed by atoms with Gasteiger partial charge in [0, 0.05) is 48.5 Å². The second-order valence-electron chi connectivity index (χ2n) is 6.57. The molecule has 0 spiro atoms. The molecular weight excluding hydrogens is 338 g/mol. The van der Waals surface area contributed by atoms with E-state index in [4.69, 9.17) is 5.26 Å². The fourth-order valence-electron chi connectivity index (χ4n) is 3.61. The molecule has 1 unspecified atom stereocenters. The standard InChI is InChI=1S/C21H17N5O/c1-2-20(27)26-4-3-15(12-26)19-7-16(6-18-11-24-13-25-21(18)19)17-5-14(8-22)9-23-10-17/h2,5-7,9-11,13,15H,1,3-4,12H2. The molecular formula is C21H17N5O. The maximum atomic E-state index is 12.0. The van der Waals surface area contributed by atoms with Crippen LogP contribution in [-0.2, 0) is 4.79 Å². The summed E-state index contributed by atoms with van der Waals surface area (Å²) in [6.07, 6.45) is 8.86. The lowest BCUT2D eigenvalue weighted by atomic mass is 9.92. The van der Waals surface area contributed by atoms with Crippen LogP contribution in [0.4, 0.5) is 0 Å². The summed E-state index contributed by atoms with van der Waals surface area (Å²) in [5.74, 6) is 0.150. The molecule has 132 valence electrons. The molecule has 0 N–H and O–H groups in total. The van der Waals surface area contributed by atoms with E-state index >= 15 is 0 Å². The molecule has 3 heterocycles. The van der Waals surface area contributed by atoms with Gasteiger partial charge in [-0.3, -0.25) is 9.78 Å². The van der Waals surface area contributed by atoms with E-state index in [1.54, 1.807) is 24.9 Å². The molecule has 1 aliphatic heterocycles. The molecule has 0 aliphatic carbocycles. The van der Waals surface area contributed by atoms with Crippen molar-refractivity contribution in [2.45, 2.75) is 12.3 Å². The van der Waals surface area contributed by atoms with Gasteiger partial charge in [0.2, 0.25) is 5.91 Å². The lowest BCUT2D eigenvalue weighted by molar-refractivity contribution is -0.125. The Morgan fingerprint density at radius 2 is 2.11 bits per heavy atom. The van der Waals surface area contributed by atoms with Crippen LogP contribution in [0, 0.1) is 11.3 Å². The molecule has 1 aromatic carbocycles. The molecule has 6 nitrogen and oxygen atoms in total. The summed E-state index contributed by atoms with van der Waals surface area (Å²) >= 11 is 0. The zero-order valence-corrected chi connectivity index (χ0v) is 14.7. The van der Waals surface area contributed by atoms with Crippen molar-refractivity contribution in [2.24, 2.45) is 0 Å². The third-order valence-electron chi connectivity index (χ3n) is 4.95. The second-order valence-corrected chi connectivity index (χ2v) is 6.57. The number of likely N-dealkylation sites (tertiary alicyclic amines) is 1. The number of aromatic nitrogens is 3. The number of benzene rings is 1.